The Morgan fingerprint density at radius 2 is 2.15 bits per heavy atom. The maximum atomic E-state index is 12.1. The van der Waals surface area contributed by atoms with Crippen LogP contribution in [0.4, 0.5) is 0 Å². The molecule has 1 aliphatic heterocycles. The summed E-state index contributed by atoms with van der Waals surface area (Å²) in [5.74, 6) is 0.742. The fourth-order valence-corrected chi connectivity index (χ4v) is 3.70. The summed E-state index contributed by atoms with van der Waals surface area (Å²) in [7, 11) is 0. The molecule has 2 heterocycles. The number of carbonyl (C=O) groups is 1. The van der Waals surface area contributed by atoms with E-state index < -0.39 is 0 Å². The number of hydrogen-bond acceptors (Lipinski definition) is 3. The van der Waals surface area contributed by atoms with Gasteiger partial charge in [0, 0.05) is 18.8 Å². The second-order valence-electron chi connectivity index (χ2n) is 5.96. The Morgan fingerprint density at radius 3 is 2.85 bits per heavy atom. The molecule has 112 valence electrons. The smallest absolute Gasteiger partial charge is 0.233 e. The minimum Gasteiger partial charge on any atom is -0.355 e. The number of imidazole rings is 1. The molecule has 0 radical (unpaired) electrons. The number of aromatic nitrogens is 2. The van der Waals surface area contributed by atoms with Gasteiger partial charge in [-0.25, -0.2) is 4.98 Å². The molecule has 1 aliphatic rings. The van der Waals surface area contributed by atoms with Crippen LogP contribution in [0.1, 0.15) is 44.5 Å². The van der Waals surface area contributed by atoms with Crippen LogP contribution in [0.5, 0.6) is 0 Å². The summed E-state index contributed by atoms with van der Waals surface area (Å²) in [5.41, 5.74) is 2.29. The molecule has 1 saturated heterocycles. The van der Waals surface area contributed by atoms with E-state index in [1.807, 2.05) is 6.92 Å². The van der Waals surface area contributed by atoms with Gasteiger partial charge in [0.05, 0.1) is 10.9 Å². The molecule has 0 saturated carbocycles. The molecule has 1 aromatic heterocycles. The van der Waals surface area contributed by atoms with Crippen LogP contribution in [-0.2, 0) is 11.3 Å². The van der Waals surface area contributed by atoms with Crippen molar-refractivity contribution in [3.63, 3.8) is 0 Å². The van der Waals surface area contributed by atoms with Crippen LogP contribution in [0, 0.1) is 19.8 Å². The third-order valence-electron chi connectivity index (χ3n) is 3.70. The first-order valence-electron chi connectivity index (χ1n) is 7.47. The van der Waals surface area contributed by atoms with Gasteiger partial charge in [0.1, 0.15) is 0 Å². The van der Waals surface area contributed by atoms with E-state index in [1.165, 1.54) is 5.69 Å². The highest BCUT2D eigenvalue weighted by atomic mass is 32.2. The lowest BCUT2D eigenvalue weighted by Gasteiger charge is -2.16. The number of amides is 1. The van der Waals surface area contributed by atoms with Crippen molar-refractivity contribution in [2.24, 2.45) is 5.92 Å². The van der Waals surface area contributed by atoms with E-state index in [2.05, 4.69) is 35.6 Å². The Morgan fingerprint density at radius 1 is 1.40 bits per heavy atom. The van der Waals surface area contributed by atoms with Gasteiger partial charge in [-0.1, -0.05) is 32.0 Å². The zero-order valence-corrected chi connectivity index (χ0v) is 13.7. The summed E-state index contributed by atoms with van der Waals surface area (Å²) >= 11 is 1.63. The molecule has 5 heteroatoms. The Kier molecular flexibility index (Phi) is 5.13. The number of rotatable bonds is 4. The maximum Gasteiger partial charge on any atom is 0.233 e. The predicted octanol–water partition coefficient (Wildman–Crippen LogP) is 2.92. The third-order valence-corrected chi connectivity index (χ3v) is 4.96. The van der Waals surface area contributed by atoms with E-state index in [-0.39, 0.29) is 11.2 Å². The molecule has 1 amide bonds. The fourth-order valence-electron chi connectivity index (χ4n) is 2.44. The summed E-state index contributed by atoms with van der Waals surface area (Å²) in [4.78, 5) is 16.7. The Bertz CT molecular complexity index is 482. The van der Waals surface area contributed by atoms with Gasteiger partial charge >= 0.3 is 0 Å². The van der Waals surface area contributed by atoms with Gasteiger partial charge in [-0.05, 0) is 32.6 Å². The summed E-state index contributed by atoms with van der Waals surface area (Å²) in [6.45, 7) is 10.4. The van der Waals surface area contributed by atoms with Crippen molar-refractivity contribution < 1.29 is 4.79 Å². The molecule has 2 rings (SSSR count). The van der Waals surface area contributed by atoms with Gasteiger partial charge in [-0.2, -0.15) is 0 Å². The van der Waals surface area contributed by atoms with Crippen LogP contribution in [0.15, 0.2) is 5.16 Å². The van der Waals surface area contributed by atoms with Gasteiger partial charge in [-0.15, -0.1) is 0 Å². The number of aryl methyl sites for hydroxylation is 1. The molecule has 0 aromatic carbocycles. The molecule has 0 spiro atoms. The largest absolute Gasteiger partial charge is 0.355 e. The lowest BCUT2D eigenvalue weighted by molar-refractivity contribution is -0.120. The van der Waals surface area contributed by atoms with Crippen LogP contribution in [-0.4, -0.2) is 27.3 Å². The van der Waals surface area contributed by atoms with E-state index in [4.69, 9.17) is 0 Å². The maximum absolute atomic E-state index is 12.1. The van der Waals surface area contributed by atoms with Crippen LogP contribution in [0.25, 0.3) is 0 Å². The predicted molar refractivity (Wildman–Crippen MR) is 83.0 cm³/mol. The summed E-state index contributed by atoms with van der Waals surface area (Å²) in [5, 5.41) is 4.00. The molecule has 1 N–H and O–H groups in total. The van der Waals surface area contributed by atoms with Gasteiger partial charge in [-0.3, -0.25) is 4.79 Å². The highest BCUT2D eigenvalue weighted by molar-refractivity contribution is 8.00. The molecular formula is C15H25N3OS. The molecule has 0 aliphatic carbocycles. The second kappa shape index (κ2) is 6.66. The number of thioether (sulfide) groups is 1. The Labute approximate surface area is 125 Å². The minimum atomic E-state index is 0.00427. The summed E-state index contributed by atoms with van der Waals surface area (Å²) in [6.07, 6.45) is 3.14. The zero-order valence-electron chi connectivity index (χ0n) is 12.9. The number of nitrogens with zero attached hydrogens (tertiary/aromatic N) is 2. The van der Waals surface area contributed by atoms with Crippen LogP contribution < -0.4 is 5.32 Å². The van der Waals surface area contributed by atoms with Crippen molar-refractivity contribution in [1.29, 1.82) is 0 Å². The SMILES string of the molecule is Cc1nc(SC2CCCCNC2=O)n(CC(C)C)c1C. The standard InChI is InChI=1S/C15H25N3OS/c1-10(2)9-18-12(4)11(3)17-15(18)20-13-7-5-6-8-16-14(13)19/h10,13H,5-9H2,1-4H3,(H,16,19). The van der Waals surface area contributed by atoms with E-state index in [0.717, 1.165) is 43.2 Å². The van der Waals surface area contributed by atoms with Crippen molar-refractivity contribution in [2.45, 2.75) is 63.9 Å². The molecular weight excluding hydrogens is 270 g/mol. The molecule has 0 bridgehead atoms. The average Bonchev–Trinajstić information content (AvgIpc) is 2.55. The first kappa shape index (κ1) is 15.4. The molecule has 4 nitrogen and oxygen atoms in total. The Balaban J connectivity index is 2.19. The molecule has 1 fully saturated rings. The van der Waals surface area contributed by atoms with Crippen molar-refractivity contribution in [3.8, 4) is 0 Å². The normalized spacial score (nSPS) is 20.1. The lowest BCUT2D eigenvalue weighted by atomic mass is 10.2. The zero-order chi connectivity index (χ0) is 14.7. The lowest BCUT2D eigenvalue weighted by Crippen LogP contribution is -2.30. The van der Waals surface area contributed by atoms with E-state index in [0.29, 0.717) is 5.92 Å². The molecule has 20 heavy (non-hydrogen) atoms. The van der Waals surface area contributed by atoms with Crippen molar-refractivity contribution >= 4 is 17.7 Å². The van der Waals surface area contributed by atoms with Crippen LogP contribution >= 0.6 is 11.8 Å². The van der Waals surface area contributed by atoms with E-state index in [9.17, 15) is 4.79 Å². The third kappa shape index (κ3) is 3.57. The van der Waals surface area contributed by atoms with Gasteiger partial charge < -0.3 is 9.88 Å². The first-order chi connectivity index (χ1) is 9.49. The number of hydrogen-bond donors (Lipinski definition) is 1. The molecule has 1 unspecified atom stereocenters. The highest BCUT2D eigenvalue weighted by Crippen LogP contribution is 2.29. The van der Waals surface area contributed by atoms with Crippen LogP contribution in [0.2, 0.25) is 0 Å². The number of nitrogens with one attached hydrogen (secondary N) is 1. The summed E-state index contributed by atoms with van der Waals surface area (Å²) in [6, 6.07) is 0. The molecule has 1 atom stereocenters. The Hall–Kier alpha value is -0.970. The average molecular weight is 295 g/mol. The van der Waals surface area contributed by atoms with Gasteiger partial charge in [0.15, 0.2) is 5.16 Å². The topological polar surface area (TPSA) is 46.9 Å². The van der Waals surface area contributed by atoms with Crippen molar-refractivity contribution in [1.82, 2.24) is 14.9 Å². The van der Waals surface area contributed by atoms with E-state index in [1.54, 1.807) is 11.8 Å². The van der Waals surface area contributed by atoms with Crippen molar-refractivity contribution in [3.05, 3.63) is 11.4 Å². The second-order valence-corrected chi connectivity index (χ2v) is 7.13. The first-order valence-corrected chi connectivity index (χ1v) is 8.35. The number of carbonyl (C=O) groups excluding carboxylic acids is 1. The van der Waals surface area contributed by atoms with Crippen molar-refractivity contribution in [2.75, 3.05) is 6.54 Å². The monoisotopic (exact) mass is 295 g/mol. The van der Waals surface area contributed by atoms with E-state index >= 15 is 0 Å². The highest BCUT2D eigenvalue weighted by Gasteiger charge is 2.25. The van der Waals surface area contributed by atoms with Crippen LogP contribution in [0.3, 0.4) is 0 Å². The minimum absolute atomic E-state index is 0.00427. The summed E-state index contributed by atoms with van der Waals surface area (Å²) < 4.78 is 2.27. The van der Waals surface area contributed by atoms with Gasteiger partial charge in [0.2, 0.25) is 5.91 Å². The molecule has 1 aromatic rings. The van der Waals surface area contributed by atoms with Gasteiger partial charge in [0.25, 0.3) is 0 Å². The fraction of sp³-hybridized carbons (Fsp3) is 0.733. The quantitative estimate of drug-likeness (QED) is 0.929.